The van der Waals surface area contributed by atoms with Crippen LogP contribution in [0.3, 0.4) is 0 Å². The summed E-state index contributed by atoms with van der Waals surface area (Å²) in [4.78, 5) is 27.1. The number of hydrogen-bond donors (Lipinski definition) is 0. The number of nitrogens with zero attached hydrogens (tertiary/aromatic N) is 2. The highest BCUT2D eigenvalue weighted by Crippen LogP contribution is 2.38. The molecule has 1 saturated heterocycles. The van der Waals surface area contributed by atoms with Crippen LogP contribution in [0.15, 0.2) is 53.4 Å². The van der Waals surface area contributed by atoms with Gasteiger partial charge in [0, 0.05) is 13.6 Å². The minimum Gasteiger partial charge on any atom is -0.278 e. The SMILES string of the molecule is Cc1ccc(CN2C(=O)[C@H]3CCCC[C@@H]3C2=O)cc1S(=O)(=O)N(C)Cc1ccccc1. The Bertz CT molecular complexity index is 1070. The van der Waals surface area contributed by atoms with Gasteiger partial charge in [0.25, 0.3) is 0 Å². The second-order valence-electron chi connectivity index (χ2n) is 8.61. The van der Waals surface area contributed by atoms with Crippen LogP contribution in [0.4, 0.5) is 0 Å². The molecule has 0 bridgehead atoms. The molecular formula is C24H28N2O4S. The summed E-state index contributed by atoms with van der Waals surface area (Å²) < 4.78 is 27.8. The molecule has 4 rings (SSSR count). The van der Waals surface area contributed by atoms with Crippen molar-refractivity contribution >= 4 is 21.8 Å². The topological polar surface area (TPSA) is 74.8 Å². The van der Waals surface area contributed by atoms with E-state index < -0.39 is 10.0 Å². The van der Waals surface area contributed by atoms with Crippen LogP contribution in [0.2, 0.25) is 0 Å². The Morgan fingerprint density at radius 1 is 0.935 bits per heavy atom. The van der Waals surface area contributed by atoms with Crippen LogP contribution in [0.25, 0.3) is 0 Å². The van der Waals surface area contributed by atoms with Gasteiger partial charge in [-0.05, 0) is 42.5 Å². The maximum Gasteiger partial charge on any atom is 0.243 e. The normalized spacial score (nSPS) is 21.6. The highest BCUT2D eigenvalue weighted by Gasteiger charge is 2.47. The van der Waals surface area contributed by atoms with E-state index in [4.69, 9.17) is 0 Å². The second kappa shape index (κ2) is 8.55. The van der Waals surface area contributed by atoms with Gasteiger partial charge in [0.15, 0.2) is 0 Å². The standard InChI is InChI=1S/C24H28N2O4S/c1-17-12-13-19(16-26-23(27)20-10-6-7-11-21(20)24(26)28)14-22(17)31(29,30)25(2)15-18-8-4-3-5-9-18/h3-5,8-9,12-14,20-21H,6-7,10-11,15-16H2,1-2H3/t20-,21-/m0/s1. The molecule has 1 aliphatic heterocycles. The predicted molar refractivity (Wildman–Crippen MR) is 117 cm³/mol. The maximum atomic E-state index is 13.3. The highest BCUT2D eigenvalue weighted by atomic mass is 32.2. The third-order valence-corrected chi connectivity index (χ3v) is 8.41. The van der Waals surface area contributed by atoms with Crippen molar-refractivity contribution in [2.45, 2.75) is 50.6 Å². The van der Waals surface area contributed by atoms with E-state index in [-0.39, 0.29) is 41.6 Å². The fraction of sp³-hybridized carbons (Fsp3) is 0.417. The first-order valence-corrected chi connectivity index (χ1v) is 12.2. The lowest BCUT2D eigenvalue weighted by molar-refractivity contribution is -0.140. The van der Waals surface area contributed by atoms with Gasteiger partial charge in [-0.2, -0.15) is 4.31 Å². The molecule has 0 radical (unpaired) electrons. The van der Waals surface area contributed by atoms with Gasteiger partial charge >= 0.3 is 0 Å². The molecule has 0 spiro atoms. The van der Waals surface area contributed by atoms with E-state index in [0.29, 0.717) is 11.1 Å². The third kappa shape index (κ3) is 4.16. The average Bonchev–Trinajstić information content (AvgIpc) is 3.00. The number of carbonyl (C=O) groups excluding carboxylic acids is 2. The molecule has 1 aliphatic carbocycles. The van der Waals surface area contributed by atoms with Crippen LogP contribution >= 0.6 is 0 Å². The number of rotatable bonds is 6. The number of benzene rings is 2. The molecule has 0 unspecified atom stereocenters. The molecule has 2 aromatic carbocycles. The lowest BCUT2D eigenvalue weighted by Gasteiger charge is -2.20. The number of imide groups is 1. The van der Waals surface area contributed by atoms with Crippen molar-refractivity contribution in [3.8, 4) is 0 Å². The number of amides is 2. The zero-order valence-corrected chi connectivity index (χ0v) is 18.8. The summed E-state index contributed by atoms with van der Waals surface area (Å²) in [7, 11) is -2.16. The summed E-state index contributed by atoms with van der Waals surface area (Å²) in [5, 5.41) is 0. The van der Waals surface area contributed by atoms with Crippen LogP contribution in [0.1, 0.15) is 42.4 Å². The van der Waals surface area contributed by atoms with Gasteiger partial charge in [-0.1, -0.05) is 55.3 Å². The Morgan fingerprint density at radius 3 is 2.16 bits per heavy atom. The Kier molecular flexibility index (Phi) is 5.99. The van der Waals surface area contributed by atoms with E-state index in [1.54, 1.807) is 32.2 Å². The van der Waals surface area contributed by atoms with Gasteiger partial charge in [0.05, 0.1) is 23.3 Å². The zero-order valence-electron chi connectivity index (χ0n) is 18.0. The largest absolute Gasteiger partial charge is 0.278 e. The smallest absolute Gasteiger partial charge is 0.243 e. The van der Waals surface area contributed by atoms with Gasteiger partial charge in [0.1, 0.15) is 0 Å². The van der Waals surface area contributed by atoms with Crippen LogP contribution in [-0.4, -0.2) is 36.5 Å². The first kappa shape index (κ1) is 21.7. The van der Waals surface area contributed by atoms with E-state index in [1.807, 2.05) is 30.3 Å². The molecule has 31 heavy (non-hydrogen) atoms. The molecule has 0 N–H and O–H groups in total. The van der Waals surface area contributed by atoms with Crippen molar-refractivity contribution < 1.29 is 18.0 Å². The first-order valence-electron chi connectivity index (χ1n) is 10.7. The van der Waals surface area contributed by atoms with Crippen molar-refractivity contribution in [3.63, 3.8) is 0 Å². The van der Waals surface area contributed by atoms with Crippen LogP contribution < -0.4 is 0 Å². The predicted octanol–water partition coefficient (Wildman–Crippen LogP) is 3.49. The summed E-state index contributed by atoms with van der Waals surface area (Å²) >= 11 is 0. The summed E-state index contributed by atoms with van der Waals surface area (Å²) in [5.41, 5.74) is 2.19. The molecule has 7 heteroatoms. The number of hydrogen-bond acceptors (Lipinski definition) is 4. The van der Waals surface area contributed by atoms with Crippen LogP contribution in [0, 0.1) is 18.8 Å². The van der Waals surface area contributed by atoms with Crippen molar-refractivity contribution in [3.05, 3.63) is 65.2 Å². The molecule has 164 valence electrons. The molecule has 2 amide bonds. The quantitative estimate of drug-likeness (QED) is 0.645. The second-order valence-corrected chi connectivity index (χ2v) is 10.6. The van der Waals surface area contributed by atoms with Crippen molar-refractivity contribution in [1.82, 2.24) is 9.21 Å². The molecular weight excluding hydrogens is 412 g/mol. The molecule has 2 fully saturated rings. The lowest BCUT2D eigenvalue weighted by atomic mass is 9.81. The third-order valence-electron chi connectivity index (χ3n) is 6.46. The maximum absolute atomic E-state index is 13.3. The first-order chi connectivity index (χ1) is 14.8. The van der Waals surface area contributed by atoms with E-state index in [1.165, 1.54) is 9.21 Å². The molecule has 2 atom stereocenters. The van der Waals surface area contributed by atoms with E-state index in [0.717, 1.165) is 31.2 Å². The van der Waals surface area contributed by atoms with Gasteiger partial charge in [-0.3, -0.25) is 14.5 Å². The van der Waals surface area contributed by atoms with E-state index in [2.05, 4.69) is 0 Å². The van der Waals surface area contributed by atoms with Gasteiger partial charge < -0.3 is 0 Å². The monoisotopic (exact) mass is 440 g/mol. The molecule has 0 aromatic heterocycles. The van der Waals surface area contributed by atoms with E-state index in [9.17, 15) is 18.0 Å². The Labute approximate surface area is 183 Å². The Hall–Kier alpha value is -2.51. The molecule has 1 heterocycles. The number of sulfonamides is 1. The Balaban J connectivity index is 1.57. The van der Waals surface area contributed by atoms with E-state index >= 15 is 0 Å². The van der Waals surface area contributed by atoms with Crippen molar-refractivity contribution in [1.29, 1.82) is 0 Å². The number of likely N-dealkylation sites (tertiary alicyclic amines) is 1. The summed E-state index contributed by atoms with van der Waals surface area (Å²) in [6.07, 6.45) is 3.50. The number of aryl methyl sites for hydroxylation is 1. The number of carbonyl (C=O) groups is 2. The fourth-order valence-electron chi connectivity index (χ4n) is 4.68. The number of fused-ring (bicyclic) bond motifs is 1. The summed E-state index contributed by atoms with van der Waals surface area (Å²) in [6.45, 7) is 2.14. The van der Waals surface area contributed by atoms with Gasteiger partial charge in [0.2, 0.25) is 21.8 Å². The Morgan fingerprint density at radius 2 is 1.55 bits per heavy atom. The molecule has 1 saturated carbocycles. The van der Waals surface area contributed by atoms with Gasteiger partial charge in [-0.15, -0.1) is 0 Å². The van der Waals surface area contributed by atoms with Crippen molar-refractivity contribution in [2.24, 2.45) is 11.8 Å². The fourth-order valence-corrected chi connectivity index (χ4v) is 6.11. The molecule has 2 aromatic rings. The molecule has 6 nitrogen and oxygen atoms in total. The summed E-state index contributed by atoms with van der Waals surface area (Å²) in [6, 6.07) is 14.6. The van der Waals surface area contributed by atoms with Crippen LogP contribution in [0.5, 0.6) is 0 Å². The minimum atomic E-state index is -3.73. The minimum absolute atomic E-state index is 0.110. The lowest BCUT2D eigenvalue weighted by Crippen LogP contribution is -2.31. The highest BCUT2D eigenvalue weighted by molar-refractivity contribution is 7.89. The average molecular weight is 441 g/mol. The van der Waals surface area contributed by atoms with Gasteiger partial charge in [-0.25, -0.2) is 8.42 Å². The zero-order chi connectivity index (χ0) is 22.2. The van der Waals surface area contributed by atoms with Crippen LogP contribution in [-0.2, 0) is 32.7 Å². The van der Waals surface area contributed by atoms with Crippen molar-refractivity contribution in [2.75, 3.05) is 7.05 Å². The summed E-state index contributed by atoms with van der Waals surface area (Å²) in [5.74, 6) is -0.624. The molecule has 2 aliphatic rings.